The monoisotopic (exact) mass is 600 g/mol. The van der Waals surface area contributed by atoms with Gasteiger partial charge in [0, 0.05) is 25.9 Å². The van der Waals surface area contributed by atoms with Crippen molar-refractivity contribution in [1.82, 2.24) is 10.2 Å². The SMILES string of the molecule is COC(=O)c1ccc(CCN2C(=O)CCCC2CO)cc1.COC(=O)c1ccc(CCNC(=O)CCCC(O)CO)cc1. The van der Waals surface area contributed by atoms with Crippen LogP contribution >= 0.6 is 0 Å². The summed E-state index contributed by atoms with van der Waals surface area (Å²) in [6.07, 6.45) is 4.21. The van der Waals surface area contributed by atoms with Crippen molar-refractivity contribution in [2.45, 2.75) is 63.5 Å². The Balaban J connectivity index is 0.000000300. The van der Waals surface area contributed by atoms with Crippen molar-refractivity contribution < 1.29 is 44.0 Å². The molecule has 0 radical (unpaired) electrons. The van der Waals surface area contributed by atoms with E-state index in [0.717, 1.165) is 24.0 Å². The van der Waals surface area contributed by atoms with Crippen LogP contribution in [-0.2, 0) is 31.9 Å². The van der Waals surface area contributed by atoms with E-state index >= 15 is 0 Å². The normalized spacial score (nSPS) is 15.1. The van der Waals surface area contributed by atoms with Gasteiger partial charge in [-0.05, 0) is 73.9 Å². The van der Waals surface area contributed by atoms with Crippen molar-refractivity contribution in [1.29, 1.82) is 0 Å². The van der Waals surface area contributed by atoms with Crippen molar-refractivity contribution in [2.24, 2.45) is 0 Å². The molecule has 1 heterocycles. The number of benzene rings is 2. The van der Waals surface area contributed by atoms with Gasteiger partial charge in [-0.3, -0.25) is 9.59 Å². The van der Waals surface area contributed by atoms with Gasteiger partial charge >= 0.3 is 11.9 Å². The number of hydrogen-bond donors (Lipinski definition) is 4. The van der Waals surface area contributed by atoms with Crippen LogP contribution in [0, 0.1) is 0 Å². The number of esters is 2. The van der Waals surface area contributed by atoms with E-state index in [1.165, 1.54) is 14.2 Å². The minimum atomic E-state index is -0.749. The minimum absolute atomic E-state index is 0.0209. The van der Waals surface area contributed by atoms with Crippen LogP contribution in [0.1, 0.15) is 70.4 Å². The summed E-state index contributed by atoms with van der Waals surface area (Å²) in [5.41, 5.74) is 3.09. The number of ether oxygens (including phenoxy) is 2. The third-order valence-corrected chi connectivity index (χ3v) is 7.18. The fourth-order valence-corrected chi connectivity index (χ4v) is 4.61. The molecule has 236 valence electrons. The van der Waals surface area contributed by atoms with E-state index in [9.17, 15) is 24.3 Å². The molecule has 2 atom stereocenters. The Bertz CT molecular complexity index is 1150. The highest BCUT2D eigenvalue weighted by Crippen LogP contribution is 2.18. The third-order valence-electron chi connectivity index (χ3n) is 7.18. The molecule has 1 aliphatic heterocycles. The first-order chi connectivity index (χ1) is 20.7. The van der Waals surface area contributed by atoms with E-state index in [1.807, 2.05) is 24.3 Å². The smallest absolute Gasteiger partial charge is 0.337 e. The van der Waals surface area contributed by atoms with Crippen LogP contribution in [0.15, 0.2) is 48.5 Å². The lowest BCUT2D eigenvalue weighted by molar-refractivity contribution is -0.137. The number of carbonyl (C=O) groups is 4. The quantitative estimate of drug-likeness (QED) is 0.238. The van der Waals surface area contributed by atoms with Gasteiger partial charge in [0.15, 0.2) is 0 Å². The van der Waals surface area contributed by atoms with Crippen molar-refractivity contribution in [3.05, 3.63) is 70.8 Å². The lowest BCUT2D eigenvalue weighted by atomic mass is 10.0. The van der Waals surface area contributed by atoms with Gasteiger partial charge in [0.05, 0.1) is 50.7 Å². The molecule has 2 unspecified atom stereocenters. The van der Waals surface area contributed by atoms with E-state index in [-0.39, 0.29) is 43.0 Å². The highest BCUT2D eigenvalue weighted by molar-refractivity contribution is 5.89. The zero-order valence-electron chi connectivity index (χ0n) is 25.0. The Kier molecular flexibility index (Phi) is 16.0. The van der Waals surface area contributed by atoms with E-state index < -0.39 is 6.10 Å². The summed E-state index contributed by atoms with van der Waals surface area (Å²) in [5.74, 6) is -0.680. The number of rotatable bonds is 14. The predicted molar refractivity (Wildman–Crippen MR) is 159 cm³/mol. The molecule has 11 heteroatoms. The second-order valence-electron chi connectivity index (χ2n) is 10.3. The summed E-state index contributed by atoms with van der Waals surface area (Å²) in [5, 5.41) is 30.0. The Morgan fingerprint density at radius 2 is 1.49 bits per heavy atom. The number of amides is 2. The molecule has 1 aliphatic rings. The van der Waals surface area contributed by atoms with Crippen LogP contribution in [0.5, 0.6) is 0 Å². The van der Waals surface area contributed by atoms with Crippen LogP contribution in [0.3, 0.4) is 0 Å². The molecular weight excluding hydrogens is 556 g/mol. The number of nitrogens with one attached hydrogen (secondary N) is 1. The van der Waals surface area contributed by atoms with Crippen molar-refractivity contribution in [2.75, 3.05) is 40.5 Å². The maximum Gasteiger partial charge on any atom is 0.337 e. The Morgan fingerprint density at radius 1 is 0.930 bits per heavy atom. The largest absolute Gasteiger partial charge is 0.465 e. The van der Waals surface area contributed by atoms with E-state index in [0.29, 0.717) is 62.7 Å². The van der Waals surface area contributed by atoms with Crippen molar-refractivity contribution in [3.8, 4) is 0 Å². The number of piperidine rings is 1. The van der Waals surface area contributed by atoms with E-state index in [2.05, 4.69) is 14.8 Å². The van der Waals surface area contributed by atoms with Crippen LogP contribution in [-0.4, -0.2) is 96.6 Å². The maximum absolute atomic E-state index is 11.9. The number of likely N-dealkylation sites (tertiary alicyclic amines) is 1. The predicted octanol–water partition coefficient (Wildman–Crippen LogP) is 2.04. The average Bonchev–Trinajstić information content (AvgIpc) is 3.04. The molecule has 0 spiro atoms. The Morgan fingerprint density at radius 3 is 2.00 bits per heavy atom. The average molecular weight is 601 g/mol. The second-order valence-corrected chi connectivity index (χ2v) is 10.3. The topological polar surface area (TPSA) is 163 Å². The second kappa shape index (κ2) is 19.4. The number of nitrogens with zero attached hydrogens (tertiary/aromatic N) is 1. The van der Waals surface area contributed by atoms with Gasteiger partial charge < -0.3 is 35.0 Å². The van der Waals surface area contributed by atoms with Gasteiger partial charge in [0.25, 0.3) is 0 Å². The molecular formula is C32H44N2O9. The highest BCUT2D eigenvalue weighted by Gasteiger charge is 2.26. The summed E-state index contributed by atoms with van der Waals surface area (Å²) in [6, 6.07) is 14.2. The number of hydrogen-bond acceptors (Lipinski definition) is 9. The summed E-state index contributed by atoms with van der Waals surface area (Å²) in [4.78, 5) is 47.9. The van der Waals surface area contributed by atoms with E-state index in [1.54, 1.807) is 29.2 Å². The third kappa shape index (κ3) is 12.5. The number of carbonyl (C=O) groups excluding carboxylic acids is 4. The molecule has 2 aromatic carbocycles. The van der Waals surface area contributed by atoms with Crippen LogP contribution in [0.25, 0.3) is 0 Å². The fourth-order valence-electron chi connectivity index (χ4n) is 4.61. The van der Waals surface area contributed by atoms with Crippen molar-refractivity contribution >= 4 is 23.8 Å². The summed E-state index contributed by atoms with van der Waals surface area (Å²) in [7, 11) is 2.69. The molecule has 2 aromatic rings. The van der Waals surface area contributed by atoms with Gasteiger partial charge in [0.1, 0.15) is 0 Å². The molecule has 2 amide bonds. The standard InChI is InChI=1S/C16H23NO5.C16H21NO4/c1-22-16(21)13-7-5-12(6-8-13)9-10-17-15(20)4-2-3-14(19)11-18;1-21-16(20)13-7-5-12(6-8-13)9-10-17-14(11-18)3-2-4-15(17)19/h5-8,14,18-19H,2-4,9-11H2,1H3,(H,17,20);5-8,14,18H,2-4,9-11H2,1H3. The van der Waals surface area contributed by atoms with E-state index in [4.69, 9.17) is 10.2 Å². The number of methoxy groups -OCH3 is 2. The van der Waals surface area contributed by atoms with Gasteiger partial charge in [-0.1, -0.05) is 24.3 Å². The molecule has 3 rings (SSSR count). The zero-order chi connectivity index (χ0) is 31.6. The zero-order valence-corrected chi connectivity index (χ0v) is 25.0. The summed E-state index contributed by atoms with van der Waals surface area (Å²) in [6.45, 7) is 0.858. The minimum Gasteiger partial charge on any atom is -0.465 e. The first-order valence-electron chi connectivity index (χ1n) is 14.5. The molecule has 0 bridgehead atoms. The van der Waals surface area contributed by atoms with Gasteiger partial charge in [-0.2, -0.15) is 0 Å². The molecule has 0 saturated carbocycles. The Labute approximate surface area is 252 Å². The first kappa shape index (κ1) is 35.4. The Hall–Kier alpha value is -3.80. The first-order valence-corrected chi connectivity index (χ1v) is 14.5. The lowest BCUT2D eigenvalue weighted by Crippen LogP contribution is -2.46. The lowest BCUT2D eigenvalue weighted by Gasteiger charge is -2.34. The molecule has 0 aromatic heterocycles. The maximum atomic E-state index is 11.9. The number of aliphatic hydroxyl groups excluding tert-OH is 3. The molecule has 1 saturated heterocycles. The van der Waals surface area contributed by atoms with Crippen molar-refractivity contribution in [3.63, 3.8) is 0 Å². The summed E-state index contributed by atoms with van der Waals surface area (Å²) < 4.78 is 9.28. The molecule has 4 N–H and O–H groups in total. The molecule has 43 heavy (non-hydrogen) atoms. The van der Waals surface area contributed by atoms with Gasteiger partial charge in [-0.15, -0.1) is 0 Å². The fraction of sp³-hybridized carbons (Fsp3) is 0.500. The highest BCUT2D eigenvalue weighted by atomic mass is 16.5. The number of aliphatic hydroxyl groups is 3. The summed E-state index contributed by atoms with van der Waals surface area (Å²) >= 11 is 0. The molecule has 11 nitrogen and oxygen atoms in total. The van der Waals surface area contributed by atoms with Gasteiger partial charge in [-0.25, -0.2) is 9.59 Å². The van der Waals surface area contributed by atoms with Crippen LogP contribution < -0.4 is 5.32 Å². The van der Waals surface area contributed by atoms with Crippen LogP contribution in [0.2, 0.25) is 0 Å². The van der Waals surface area contributed by atoms with Crippen LogP contribution in [0.4, 0.5) is 0 Å². The van der Waals surface area contributed by atoms with Gasteiger partial charge in [0.2, 0.25) is 11.8 Å². The molecule has 1 fully saturated rings. The molecule has 0 aliphatic carbocycles.